The number of carbonyl (C=O) groups is 1. The predicted molar refractivity (Wildman–Crippen MR) is 83.4 cm³/mol. The molecule has 0 atom stereocenters. The van der Waals surface area contributed by atoms with Crippen LogP contribution in [0.5, 0.6) is 0 Å². The minimum absolute atomic E-state index is 0.0715. The normalized spacial score (nSPS) is 11.2. The van der Waals surface area contributed by atoms with Gasteiger partial charge in [-0.2, -0.15) is 0 Å². The lowest BCUT2D eigenvalue weighted by Gasteiger charge is -2.09. The van der Waals surface area contributed by atoms with Gasteiger partial charge in [-0.1, -0.05) is 11.6 Å². The quantitative estimate of drug-likeness (QED) is 0.873. The number of hydrogen-bond acceptors (Lipinski definition) is 3. The molecule has 0 bridgehead atoms. The molecule has 0 aromatic heterocycles. The molecule has 0 radical (unpaired) electrons. The molecule has 0 aliphatic heterocycles. The molecule has 0 aliphatic carbocycles. The molecule has 2 aromatic rings. The Balaban J connectivity index is 2.28. The smallest absolute Gasteiger partial charge is 0.261 e. The Morgan fingerprint density at radius 2 is 1.71 bits per heavy atom. The van der Waals surface area contributed by atoms with Gasteiger partial charge in [-0.15, -0.1) is 0 Å². The standard InChI is InChI=1S/C15H14ClNO3S/c1-10-9-14(7-8-15(10)16)21(19,20)17-13-5-3-12(4-6-13)11(2)18/h3-9,17H,1-2H3. The van der Waals surface area contributed by atoms with Gasteiger partial charge in [-0.25, -0.2) is 8.42 Å². The van der Waals surface area contributed by atoms with Gasteiger partial charge < -0.3 is 0 Å². The molecule has 2 aromatic carbocycles. The average Bonchev–Trinajstić information content (AvgIpc) is 2.42. The van der Waals surface area contributed by atoms with Gasteiger partial charge in [0.15, 0.2) is 5.78 Å². The lowest BCUT2D eigenvalue weighted by atomic mass is 10.1. The van der Waals surface area contributed by atoms with Crippen LogP contribution in [0.25, 0.3) is 0 Å². The average molecular weight is 324 g/mol. The van der Waals surface area contributed by atoms with Crippen molar-refractivity contribution in [2.45, 2.75) is 18.7 Å². The van der Waals surface area contributed by atoms with Gasteiger partial charge >= 0.3 is 0 Å². The Hall–Kier alpha value is -1.85. The Kier molecular flexibility index (Phi) is 4.34. The zero-order valence-electron chi connectivity index (χ0n) is 11.6. The molecule has 0 saturated carbocycles. The van der Waals surface area contributed by atoms with Crippen molar-refractivity contribution in [1.82, 2.24) is 0 Å². The molecule has 0 aliphatic rings. The highest BCUT2D eigenvalue weighted by atomic mass is 35.5. The molecule has 21 heavy (non-hydrogen) atoms. The number of anilines is 1. The third-order valence-electron chi connectivity index (χ3n) is 2.98. The van der Waals surface area contributed by atoms with Crippen LogP contribution >= 0.6 is 11.6 Å². The number of Topliss-reactive ketones (excluding diaryl/α,β-unsaturated/α-hetero) is 1. The second-order valence-corrected chi connectivity index (χ2v) is 6.74. The molecule has 6 heteroatoms. The van der Waals surface area contributed by atoms with Crippen molar-refractivity contribution in [1.29, 1.82) is 0 Å². The first-order valence-electron chi connectivity index (χ1n) is 6.19. The summed E-state index contributed by atoms with van der Waals surface area (Å²) in [6, 6.07) is 10.8. The lowest BCUT2D eigenvalue weighted by molar-refractivity contribution is 0.101. The van der Waals surface area contributed by atoms with E-state index in [-0.39, 0.29) is 10.7 Å². The number of nitrogens with one attached hydrogen (secondary N) is 1. The van der Waals surface area contributed by atoms with Gasteiger partial charge in [-0.3, -0.25) is 9.52 Å². The van der Waals surface area contributed by atoms with E-state index in [1.807, 2.05) is 0 Å². The Morgan fingerprint density at radius 1 is 1.10 bits per heavy atom. The molecule has 0 heterocycles. The number of sulfonamides is 1. The van der Waals surface area contributed by atoms with Crippen LogP contribution in [0.1, 0.15) is 22.8 Å². The van der Waals surface area contributed by atoms with Crippen molar-refractivity contribution in [2.24, 2.45) is 0 Å². The van der Waals surface area contributed by atoms with Crippen LogP contribution in [-0.4, -0.2) is 14.2 Å². The maximum absolute atomic E-state index is 12.3. The zero-order chi connectivity index (χ0) is 15.6. The molecule has 4 nitrogen and oxygen atoms in total. The fourth-order valence-electron chi connectivity index (χ4n) is 1.77. The maximum atomic E-state index is 12.3. The second kappa shape index (κ2) is 5.87. The maximum Gasteiger partial charge on any atom is 0.261 e. The number of ketones is 1. The van der Waals surface area contributed by atoms with Gasteiger partial charge in [0.05, 0.1) is 4.90 Å². The number of aryl methyl sites for hydroxylation is 1. The number of benzene rings is 2. The molecule has 0 unspecified atom stereocenters. The Labute approximate surface area is 128 Å². The topological polar surface area (TPSA) is 63.2 Å². The van der Waals surface area contributed by atoms with Crippen LogP contribution in [0.4, 0.5) is 5.69 Å². The van der Waals surface area contributed by atoms with Gasteiger partial charge in [0.25, 0.3) is 10.0 Å². The van der Waals surface area contributed by atoms with E-state index < -0.39 is 10.0 Å². The predicted octanol–water partition coefficient (Wildman–Crippen LogP) is 3.65. The highest BCUT2D eigenvalue weighted by Crippen LogP contribution is 2.22. The van der Waals surface area contributed by atoms with E-state index in [0.717, 1.165) is 0 Å². The molecule has 0 amide bonds. The van der Waals surface area contributed by atoms with Gasteiger partial charge in [-0.05, 0) is 61.9 Å². The minimum atomic E-state index is -3.68. The first-order chi connectivity index (χ1) is 9.79. The monoisotopic (exact) mass is 323 g/mol. The van der Waals surface area contributed by atoms with Crippen molar-refractivity contribution in [3.8, 4) is 0 Å². The number of halogens is 1. The molecule has 0 saturated heterocycles. The Bertz CT molecular complexity index is 783. The van der Waals surface area contributed by atoms with E-state index in [2.05, 4.69) is 4.72 Å². The van der Waals surface area contributed by atoms with E-state index >= 15 is 0 Å². The first kappa shape index (κ1) is 15.5. The van der Waals surface area contributed by atoms with Crippen LogP contribution < -0.4 is 4.72 Å². The summed E-state index contributed by atoms with van der Waals surface area (Å²) in [6.07, 6.45) is 0. The highest BCUT2D eigenvalue weighted by Gasteiger charge is 2.15. The number of hydrogen-bond donors (Lipinski definition) is 1. The van der Waals surface area contributed by atoms with Gasteiger partial charge in [0.2, 0.25) is 0 Å². The summed E-state index contributed by atoms with van der Waals surface area (Å²) < 4.78 is 27.0. The van der Waals surface area contributed by atoms with Crippen LogP contribution in [-0.2, 0) is 10.0 Å². The van der Waals surface area contributed by atoms with Crippen molar-refractivity contribution < 1.29 is 13.2 Å². The van der Waals surface area contributed by atoms with E-state index in [1.54, 1.807) is 37.3 Å². The Morgan fingerprint density at radius 3 is 2.24 bits per heavy atom. The second-order valence-electron chi connectivity index (χ2n) is 4.65. The van der Waals surface area contributed by atoms with Gasteiger partial charge in [0.1, 0.15) is 0 Å². The molecular formula is C15H14ClNO3S. The third-order valence-corrected chi connectivity index (χ3v) is 4.79. The van der Waals surface area contributed by atoms with Crippen LogP contribution in [0.2, 0.25) is 5.02 Å². The summed E-state index contributed by atoms with van der Waals surface area (Å²) in [6.45, 7) is 3.19. The molecule has 1 N–H and O–H groups in total. The fraction of sp³-hybridized carbons (Fsp3) is 0.133. The number of carbonyl (C=O) groups excluding carboxylic acids is 1. The first-order valence-corrected chi connectivity index (χ1v) is 8.06. The van der Waals surface area contributed by atoms with Crippen LogP contribution in [0, 0.1) is 6.92 Å². The third kappa shape index (κ3) is 3.62. The summed E-state index contributed by atoms with van der Waals surface area (Å²) in [7, 11) is -3.68. The van der Waals surface area contributed by atoms with Crippen molar-refractivity contribution in [2.75, 3.05) is 4.72 Å². The largest absolute Gasteiger partial charge is 0.295 e. The van der Waals surface area contributed by atoms with Crippen molar-refractivity contribution in [3.05, 3.63) is 58.6 Å². The molecular weight excluding hydrogens is 310 g/mol. The highest BCUT2D eigenvalue weighted by molar-refractivity contribution is 7.92. The SMILES string of the molecule is CC(=O)c1ccc(NS(=O)(=O)c2ccc(Cl)c(C)c2)cc1. The molecule has 0 fully saturated rings. The summed E-state index contributed by atoms with van der Waals surface area (Å²) in [5.41, 5.74) is 1.61. The van der Waals surface area contributed by atoms with E-state index in [1.165, 1.54) is 19.1 Å². The minimum Gasteiger partial charge on any atom is -0.295 e. The van der Waals surface area contributed by atoms with Crippen molar-refractivity contribution in [3.63, 3.8) is 0 Å². The molecule has 2 rings (SSSR count). The molecule has 0 spiro atoms. The summed E-state index contributed by atoms with van der Waals surface area (Å²) in [5.74, 6) is -0.0715. The summed E-state index contributed by atoms with van der Waals surface area (Å²) in [5, 5.41) is 0.514. The van der Waals surface area contributed by atoms with E-state index in [4.69, 9.17) is 11.6 Å². The van der Waals surface area contributed by atoms with Crippen LogP contribution in [0.3, 0.4) is 0 Å². The van der Waals surface area contributed by atoms with E-state index in [9.17, 15) is 13.2 Å². The lowest BCUT2D eigenvalue weighted by Crippen LogP contribution is -2.13. The molecule has 110 valence electrons. The fourth-order valence-corrected chi connectivity index (χ4v) is 3.03. The van der Waals surface area contributed by atoms with E-state index in [0.29, 0.717) is 21.8 Å². The van der Waals surface area contributed by atoms with Crippen molar-refractivity contribution >= 4 is 33.1 Å². The van der Waals surface area contributed by atoms with Gasteiger partial charge in [0, 0.05) is 16.3 Å². The van der Waals surface area contributed by atoms with Crippen LogP contribution in [0.15, 0.2) is 47.4 Å². The summed E-state index contributed by atoms with van der Waals surface area (Å²) >= 11 is 5.89. The summed E-state index contributed by atoms with van der Waals surface area (Å²) in [4.78, 5) is 11.3. The number of rotatable bonds is 4. The zero-order valence-corrected chi connectivity index (χ0v) is 13.1.